The van der Waals surface area contributed by atoms with Gasteiger partial charge in [0.25, 0.3) is 0 Å². The minimum absolute atomic E-state index is 0.233. The van der Waals surface area contributed by atoms with E-state index in [1.165, 1.54) is 0 Å². The first-order valence-corrected chi connectivity index (χ1v) is 7.74. The lowest BCUT2D eigenvalue weighted by atomic mass is 9.98. The third kappa shape index (κ3) is 4.11. The van der Waals surface area contributed by atoms with Gasteiger partial charge in [0, 0.05) is 5.69 Å². The van der Waals surface area contributed by atoms with Crippen LogP contribution in [0.2, 0.25) is 5.02 Å². The Morgan fingerprint density at radius 2 is 1.61 bits per heavy atom. The van der Waals surface area contributed by atoms with Gasteiger partial charge in [0.1, 0.15) is 0 Å². The summed E-state index contributed by atoms with van der Waals surface area (Å²) in [6.07, 6.45) is 0. The number of nitrogens with one attached hydrogen (secondary N) is 2. The molecule has 23 heavy (non-hydrogen) atoms. The van der Waals surface area contributed by atoms with Crippen LogP contribution < -0.4 is 10.6 Å². The van der Waals surface area contributed by atoms with Crippen LogP contribution in [0.3, 0.4) is 0 Å². The van der Waals surface area contributed by atoms with Crippen molar-refractivity contribution in [2.75, 3.05) is 10.6 Å². The molecule has 0 aliphatic rings. The summed E-state index contributed by atoms with van der Waals surface area (Å²) in [7, 11) is 0. The fourth-order valence-electron chi connectivity index (χ4n) is 2.25. The Bertz CT molecular complexity index is 742. The molecule has 2 aromatic rings. The predicted molar refractivity (Wildman–Crippen MR) is 94.0 cm³/mol. The van der Waals surface area contributed by atoms with Crippen molar-refractivity contribution < 1.29 is 9.59 Å². The van der Waals surface area contributed by atoms with Crippen molar-refractivity contribution in [3.8, 4) is 0 Å². The Kier molecular flexibility index (Phi) is 5.40. The molecule has 0 saturated carbocycles. The summed E-state index contributed by atoms with van der Waals surface area (Å²) in [6.45, 7) is 5.97. The minimum Gasteiger partial charge on any atom is -0.317 e. The number of rotatable bonds is 3. The molecule has 0 aromatic heterocycles. The summed E-state index contributed by atoms with van der Waals surface area (Å²) in [6, 6.07) is 12.5. The highest BCUT2D eigenvalue weighted by atomic mass is 35.5. The van der Waals surface area contributed by atoms with Crippen LogP contribution in [0, 0.1) is 6.92 Å². The van der Waals surface area contributed by atoms with Gasteiger partial charge in [-0.05, 0) is 36.1 Å². The molecule has 4 nitrogen and oxygen atoms in total. The second kappa shape index (κ2) is 7.29. The number of hydrogen-bond acceptors (Lipinski definition) is 2. The summed E-state index contributed by atoms with van der Waals surface area (Å²) < 4.78 is 0. The van der Waals surface area contributed by atoms with E-state index in [0.29, 0.717) is 16.4 Å². The summed E-state index contributed by atoms with van der Waals surface area (Å²) >= 11 is 5.98. The lowest BCUT2D eigenvalue weighted by Gasteiger charge is -2.16. The van der Waals surface area contributed by atoms with E-state index < -0.39 is 11.8 Å². The largest absolute Gasteiger partial charge is 0.317 e. The number of anilines is 2. The van der Waals surface area contributed by atoms with Gasteiger partial charge in [0.15, 0.2) is 0 Å². The van der Waals surface area contributed by atoms with Gasteiger partial charge >= 0.3 is 11.8 Å². The quantitative estimate of drug-likeness (QED) is 0.822. The number of carbonyl (C=O) groups is 2. The van der Waals surface area contributed by atoms with E-state index in [0.717, 1.165) is 11.1 Å². The number of para-hydroxylation sites is 2. The standard InChI is InChI=1S/C18H19ClN2O2/c1-11(2)13-8-6-7-12(3)16(13)21-18(23)17(22)20-15-10-5-4-9-14(15)19/h4-11H,1-3H3,(H,20,22)(H,21,23). The van der Waals surface area contributed by atoms with Crippen LogP contribution in [0.15, 0.2) is 42.5 Å². The van der Waals surface area contributed by atoms with E-state index in [2.05, 4.69) is 10.6 Å². The number of carbonyl (C=O) groups excluding carboxylic acids is 2. The van der Waals surface area contributed by atoms with Gasteiger partial charge in [-0.15, -0.1) is 0 Å². The molecule has 2 rings (SSSR count). The normalized spacial score (nSPS) is 10.5. The third-order valence-corrected chi connectivity index (χ3v) is 3.82. The fraction of sp³-hybridized carbons (Fsp3) is 0.222. The smallest absolute Gasteiger partial charge is 0.314 e. The average molecular weight is 331 g/mol. The highest BCUT2D eigenvalue weighted by molar-refractivity contribution is 6.45. The van der Waals surface area contributed by atoms with Crippen molar-refractivity contribution in [2.24, 2.45) is 0 Å². The molecule has 0 aliphatic heterocycles. The van der Waals surface area contributed by atoms with E-state index in [9.17, 15) is 9.59 Å². The van der Waals surface area contributed by atoms with Crippen LogP contribution in [-0.4, -0.2) is 11.8 Å². The highest BCUT2D eigenvalue weighted by Gasteiger charge is 2.18. The van der Waals surface area contributed by atoms with Gasteiger partial charge in [-0.3, -0.25) is 9.59 Å². The molecular formula is C18H19ClN2O2. The first-order chi connectivity index (χ1) is 10.9. The van der Waals surface area contributed by atoms with Crippen molar-refractivity contribution in [1.82, 2.24) is 0 Å². The molecule has 5 heteroatoms. The van der Waals surface area contributed by atoms with Gasteiger partial charge in [0.2, 0.25) is 0 Å². The Morgan fingerprint density at radius 1 is 0.957 bits per heavy atom. The monoisotopic (exact) mass is 330 g/mol. The molecule has 0 radical (unpaired) electrons. The number of benzene rings is 2. The molecule has 0 unspecified atom stereocenters. The maximum absolute atomic E-state index is 12.2. The number of hydrogen-bond donors (Lipinski definition) is 2. The molecule has 0 bridgehead atoms. The molecule has 0 spiro atoms. The zero-order valence-electron chi connectivity index (χ0n) is 13.3. The molecular weight excluding hydrogens is 312 g/mol. The van der Waals surface area contributed by atoms with Crippen LogP contribution in [-0.2, 0) is 9.59 Å². The van der Waals surface area contributed by atoms with Crippen molar-refractivity contribution in [3.63, 3.8) is 0 Å². The van der Waals surface area contributed by atoms with E-state index in [4.69, 9.17) is 11.6 Å². The zero-order chi connectivity index (χ0) is 17.0. The van der Waals surface area contributed by atoms with E-state index in [-0.39, 0.29) is 5.92 Å². The van der Waals surface area contributed by atoms with Gasteiger partial charge in [-0.25, -0.2) is 0 Å². The van der Waals surface area contributed by atoms with Crippen LogP contribution in [0.4, 0.5) is 11.4 Å². The summed E-state index contributed by atoms with van der Waals surface area (Å²) in [5, 5.41) is 5.60. The predicted octanol–water partition coefficient (Wildman–Crippen LogP) is 4.35. The zero-order valence-corrected chi connectivity index (χ0v) is 14.1. The maximum Gasteiger partial charge on any atom is 0.314 e. The molecule has 2 aromatic carbocycles. The topological polar surface area (TPSA) is 58.2 Å². The Morgan fingerprint density at radius 3 is 2.26 bits per heavy atom. The Labute approximate surface area is 140 Å². The van der Waals surface area contributed by atoms with Crippen LogP contribution >= 0.6 is 11.6 Å². The van der Waals surface area contributed by atoms with Gasteiger partial charge < -0.3 is 10.6 Å². The fourth-order valence-corrected chi connectivity index (χ4v) is 2.44. The van der Waals surface area contributed by atoms with E-state index in [1.54, 1.807) is 24.3 Å². The van der Waals surface area contributed by atoms with E-state index in [1.807, 2.05) is 39.0 Å². The SMILES string of the molecule is Cc1cccc(C(C)C)c1NC(=O)C(=O)Nc1ccccc1Cl. The van der Waals surface area contributed by atoms with Crippen molar-refractivity contribution >= 4 is 34.8 Å². The first kappa shape index (κ1) is 17.0. The molecule has 0 atom stereocenters. The molecule has 2 N–H and O–H groups in total. The summed E-state index contributed by atoms with van der Waals surface area (Å²) in [5.74, 6) is -1.24. The third-order valence-electron chi connectivity index (χ3n) is 3.49. The molecule has 2 amide bonds. The Balaban J connectivity index is 2.17. The molecule has 0 fully saturated rings. The van der Waals surface area contributed by atoms with Gasteiger partial charge in [-0.2, -0.15) is 0 Å². The van der Waals surface area contributed by atoms with Crippen LogP contribution in [0.1, 0.15) is 30.9 Å². The maximum atomic E-state index is 12.2. The summed E-state index contributed by atoms with van der Waals surface area (Å²) in [4.78, 5) is 24.3. The lowest BCUT2D eigenvalue weighted by molar-refractivity contribution is -0.133. The minimum atomic E-state index is -0.754. The number of halogens is 1. The molecule has 0 saturated heterocycles. The summed E-state index contributed by atoms with van der Waals surface area (Å²) in [5.41, 5.74) is 2.99. The second-order valence-electron chi connectivity index (χ2n) is 5.58. The van der Waals surface area contributed by atoms with Crippen LogP contribution in [0.5, 0.6) is 0 Å². The second-order valence-corrected chi connectivity index (χ2v) is 5.99. The lowest BCUT2D eigenvalue weighted by Crippen LogP contribution is -2.30. The number of aryl methyl sites for hydroxylation is 1. The van der Waals surface area contributed by atoms with Gasteiger partial charge in [-0.1, -0.05) is 55.8 Å². The molecule has 120 valence electrons. The van der Waals surface area contributed by atoms with Gasteiger partial charge in [0.05, 0.1) is 10.7 Å². The van der Waals surface area contributed by atoms with E-state index >= 15 is 0 Å². The highest BCUT2D eigenvalue weighted by Crippen LogP contribution is 2.27. The first-order valence-electron chi connectivity index (χ1n) is 7.36. The van der Waals surface area contributed by atoms with Crippen molar-refractivity contribution in [2.45, 2.75) is 26.7 Å². The average Bonchev–Trinajstić information content (AvgIpc) is 2.51. The molecule has 0 heterocycles. The number of amides is 2. The molecule has 0 aliphatic carbocycles. The Hall–Kier alpha value is -2.33. The van der Waals surface area contributed by atoms with Crippen LogP contribution in [0.25, 0.3) is 0 Å². The van der Waals surface area contributed by atoms with Crippen molar-refractivity contribution in [3.05, 3.63) is 58.6 Å². The van der Waals surface area contributed by atoms with Crippen molar-refractivity contribution in [1.29, 1.82) is 0 Å².